The first kappa shape index (κ1) is 52.0. The number of carboxylic acids is 1. The molecule has 1 aliphatic rings. The molecule has 0 bridgehead atoms. The first-order valence-electron chi connectivity index (χ1n) is 20.7. The van der Waals surface area contributed by atoms with Crippen molar-refractivity contribution in [2.75, 3.05) is 6.54 Å². The third-order valence-electron chi connectivity index (χ3n) is 10.5. The molecular formula is C43H62N8O10S2. The largest absolute Gasteiger partial charge is 0.508 e. The van der Waals surface area contributed by atoms with Crippen molar-refractivity contribution in [3.8, 4) is 5.75 Å². The minimum absolute atomic E-state index is 0.0248. The number of amides is 7. The Balaban J connectivity index is 2.19. The van der Waals surface area contributed by atoms with Crippen molar-refractivity contribution in [3.05, 3.63) is 65.7 Å². The molecule has 0 aliphatic carbocycles. The molecular weight excluding hydrogens is 853 g/mol. The maximum Gasteiger partial charge on any atom is 0.305 e. The van der Waals surface area contributed by atoms with Gasteiger partial charge in [0, 0.05) is 15.4 Å². The number of phenols is 1. The first-order chi connectivity index (χ1) is 29.5. The molecule has 63 heavy (non-hydrogen) atoms. The zero-order valence-electron chi connectivity index (χ0n) is 36.7. The molecule has 2 aromatic carbocycles. The van der Waals surface area contributed by atoms with Crippen LogP contribution in [0, 0.1) is 5.92 Å². The summed E-state index contributed by atoms with van der Waals surface area (Å²) in [7, 11) is 2.17. The van der Waals surface area contributed by atoms with Gasteiger partial charge in [0.1, 0.15) is 36.0 Å². The van der Waals surface area contributed by atoms with Crippen molar-refractivity contribution in [2.24, 2.45) is 17.4 Å². The molecule has 1 unspecified atom stereocenters. The molecule has 1 heterocycles. The molecule has 7 amide bonds. The van der Waals surface area contributed by atoms with Crippen LogP contribution in [0.3, 0.4) is 0 Å². The van der Waals surface area contributed by atoms with E-state index in [9.17, 15) is 48.6 Å². The van der Waals surface area contributed by atoms with Crippen molar-refractivity contribution >= 4 is 68.9 Å². The number of aliphatic carboxylic acids is 1. The summed E-state index contributed by atoms with van der Waals surface area (Å²) in [5.41, 5.74) is 12.9. The topological polar surface area (TPSA) is 301 Å². The normalized spacial score (nSPS) is 21.8. The predicted octanol–water partition coefficient (Wildman–Crippen LogP) is 1.34. The summed E-state index contributed by atoms with van der Waals surface area (Å²) in [6.07, 6.45) is 0.439. The molecule has 0 radical (unpaired) electrons. The van der Waals surface area contributed by atoms with Crippen LogP contribution < -0.4 is 43.4 Å². The molecule has 346 valence electrons. The van der Waals surface area contributed by atoms with Gasteiger partial charge in [-0.3, -0.25) is 38.4 Å². The molecule has 2 aromatic rings. The van der Waals surface area contributed by atoms with Crippen LogP contribution in [0.5, 0.6) is 5.75 Å². The summed E-state index contributed by atoms with van der Waals surface area (Å²) in [5, 5.41) is 35.6. The van der Waals surface area contributed by atoms with E-state index in [2.05, 4.69) is 31.9 Å². The second-order valence-corrected chi connectivity index (χ2v) is 20.4. The lowest BCUT2D eigenvalue weighted by Gasteiger charge is -2.40. The van der Waals surface area contributed by atoms with Gasteiger partial charge in [-0.2, -0.15) is 0 Å². The van der Waals surface area contributed by atoms with Crippen molar-refractivity contribution in [1.29, 1.82) is 0 Å². The van der Waals surface area contributed by atoms with Crippen LogP contribution >= 0.6 is 21.6 Å². The minimum Gasteiger partial charge on any atom is -0.508 e. The van der Waals surface area contributed by atoms with Crippen molar-refractivity contribution in [2.45, 2.75) is 132 Å². The third-order valence-corrected chi connectivity index (χ3v) is 14.7. The number of hydrogen-bond acceptors (Lipinski definition) is 12. The number of rotatable bonds is 17. The van der Waals surface area contributed by atoms with E-state index in [0.29, 0.717) is 24.0 Å². The van der Waals surface area contributed by atoms with Gasteiger partial charge in [0.05, 0.1) is 19.0 Å². The van der Waals surface area contributed by atoms with E-state index in [-0.39, 0.29) is 24.5 Å². The van der Waals surface area contributed by atoms with E-state index < -0.39 is 112 Å². The number of aromatic hydroxyl groups is 1. The fourth-order valence-corrected chi connectivity index (χ4v) is 9.78. The molecule has 1 aliphatic heterocycles. The highest BCUT2D eigenvalue weighted by molar-refractivity contribution is 8.77. The second kappa shape index (κ2) is 23.4. The Labute approximate surface area is 375 Å². The molecule has 7 atom stereocenters. The number of carbonyl (C=O) groups excluding carboxylic acids is 7. The van der Waals surface area contributed by atoms with Crippen LogP contribution in [0.15, 0.2) is 54.6 Å². The first-order valence-corrected chi connectivity index (χ1v) is 22.9. The molecule has 1 fully saturated rings. The zero-order chi connectivity index (χ0) is 47.2. The highest BCUT2D eigenvalue weighted by Crippen LogP contribution is 2.47. The number of nitrogens with one attached hydrogen (secondary N) is 6. The van der Waals surface area contributed by atoms with Crippen molar-refractivity contribution in [1.82, 2.24) is 31.9 Å². The SMILES string of the molecule is CCCC[C@H](NC(=O)C1NC(=O)[C@H](CC(=O)O)NC(=O)[C@H]([C@@H](c2ccccc2)C(C)C)NC(=O)[C@H](NC(=O)[C@@H](N)Cc2ccc(O)cc2)C(C)(C)SSC1(C)C)C(=O)NCC(N)=O. The van der Waals surface area contributed by atoms with E-state index >= 15 is 0 Å². The number of carbonyl (C=O) groups is 8. The fraction of sp³-hybridized carbons (Fsp3) is 0.535. The molecule has 0 saturated carbocycles. The number of hydrogen-bond donors (Lipinski definition) is 10. The number of unbranched alkanes of at least 4 members (excludes halogenated alkanes) is 1. The van der Waals surface area contributed by atoms with E-state index in [4.69, 9.17) is 11.5 Å². The van der Waals surface area contributed by atoms with Crippen LogP contribution in [0.4, 0.5) is 0 Å². The number of carboxylic acid groups (broad SMARTS) is 1. The Kier molecular flexibility index (Phi) is 19.3. The smallest absolute Gasteiger partial charge is 0.305 e. The summed E-state index contributed by atoms with van der Waals surface area (Å²) < 4.78 is -2.57. The van der Waals surface area contributed by atoms with Crippen LogP contribution in [0.2, 0.25) is 0 Å². The number of primary amides is 1. The molecule has 3 rings (SSSR count). The van der Waals surface area contributed by atoms with Crippen molar-refractivity contribution < 1.29 is 48.6 Å². The van der Waals surface area contributed by atoms with Gasteiger partial charge in [-0.15, -0.1) is 0 Å². The third kappa shape index (κ3) is 15.5. The Bertz CT molecular complexity index is 1950. The summed E-state index contributed by atoms with van der Waals surface area (Å²) in [6.45, 7) is 11.6. The van der Waals surface area contributed by atoms with Gasteiger partial charge in [-0.1, -0.05) is 97.7 Å². The average molecular weight is 915 g/mol. The highest BCUT2D eigenvalue weighted by Gasteiger charge is 2.47. The van der Waals surface area contributed by atoms with Gasteiger partial charge in [-0.25, -0.2) is 0 Å². The van der Waals surface area contributed by atoms with E-state index in [1.165, 1.54) is 12.1 Å². The van der Waals surface area contributed by atoms with E-state index in [0.717, 1.165) is 21.6 Å². The number of benzene rings is 2. The zero-order valence-corrected chi connectivity index (χ0v) is 38.3. The summed E-state index contributed by atoms with van der Waals surface area (Å²) in [5.74, 6) is -8.27. The fourth-order valence-electron chi connectivity index (χ4n) is 6.96. The van der Waals surface area contributed by atoms with Crippen molar-refractivity contribution in [3.63, 3.8) is 0 Å². The molecule has 0 spiro atoms. The maximum atomic E-state index is 14.8. The molecule has 1 saturated heterocycles. The van der Waals surface area contributed by atoms with Gasteiger partial charge in [0.2, 0.25) is 41.4 Å². The van der Waals surface area contributed by atoms with E-state index in [1.54, 1.807) is 70.2 Å². The van der Waals surface area contributed by atoms with E-state index in [1.807, 2.05) is 20.8 Å². The second-order valence-electron chi connectivity index (χ2n) is 16.9. The van der Waals surface area contributed by atoms with Gasteiger partial charge in [0.15, 0.2) is 0 Å². The maximum absolute atomic E-state index is 14.8. The lowest BCUT2D eigenvalue weighted by Crippen LogP contribution is -2.65. The van der Waals surface area contributed by atoms with Gasteiger partial charge < -0.3 is 53.6 Å². The summed E-state index contributed by atoms with van der Waals surface area (Å²) in [6, 6.07) is 6.52. The minimum atomic E-state index is -1.76. The molecule has 18 nitrogen and oxygen atoms in total. The van der Waals surface area contributed by atoms with Gasteiger partial charge >= 0.3 is 5.97 Å². The Morgan fingerprint density at radius 3 is 2.03 bits per heavy atom. The number of nitrogens with two attached hydrogens (primary N) is 2. The lowest BCUT2D eigenvalue weighted by atomic mass is 9.81. The Hall–Kier alpha value is -5.34. The van der Waals surface area contributed by atoms with Crippen LogP contribution in [0.1, 0.15) is 91.2 Å². The lowest BCUT2D eigenvalue weighted by molar-refractivity contribution is -0.142. The predicted molar refractivity (Wildman–Crippen MR) is 241 cm³/mol. The summed E-state index contributed by atoms with van der Waals surface area (Å²) in [4.78, 5) is 109. The summed E-state index contributed by atoms with van der Waals surface area (Å²) >= 11 is 0. The average Bonchev–Trinajstić information content (AvgIpc) is 3.21. The monoisotopic (exact) mass is 914 g/mol. The Morgan fingerprint density at radius 1 is 0.841 bits per heavy atom. The van der Waals surface area contributed by atoms with Crippen LogP contribution in [-0.4, -0.2) is 110 Å². The molecule has 0 aromatic heterocycles. The molecule has 20 heteroatoms. The van der Waals surface area contributed by atoms with Crippen LogP contribution in [0.25, 0.3) is 0 Å². The standard InChI is InChI=1S/C43H62N8O10S2/c1-8-9-15-28(37(57)46-22-30(45)53)47-40(60)34-42(4,5)62-63-43(6,7)35(50-36(56)27(44)20-24-16-18-26(52)19-17-24)41(61)49-33(32(23(2)3)25-13-11-10-12-14-25)39(59)48-29(21-31(54)55)38(58)51-34/h10-14,16-19,23,27-29,32-35,52H,8-9,15,20-22,44H2,1-7H3,(H2,45,53)(H,46,57)(H,47,60)(H,48,59)(H,49,61)(H,50,56)(H,51,58)(H,54,55)/t27-,28-,29-,32+,33-,34?,35-/m0/s1. The highest BCUT2D eigenvalue weighted by atomic mass is 33.1. The van der Waals surface area contributed by atoms with Gasteiger partial charge in [-0.05, 0) is 69.7 Å². The quantitative estimate of drug-likeness (QED) is 0.100. The number of phenolic OH excluding ortho intramolecular Hbond substituents is 1. The molecule has 12 N–H and O–H groups in total. The van der Waals surface area contributed by atoms with Crippen LogP contribution in [-0.2, 0) is 44.8 Å². The Morgan fingerprint density at radius 2 is 1.46 bits per heavy atom. The van der Waals surface area contributed by atoms with Gasteiger partial charge in [0.25, 0.3) is 0 Å².